The van der Waals surface area contributed by atoms with Crippen molar-refractivity contribution in [3.05, 3.63) is 53.6 Å². The summed E-state index contributed by atoms with van der Waals surface area (Å²) in [6.07, 6.45) is 0. The van der Waals surface area contributed by atoms with Gasteiger partial charge < -0.3 is 10.3 Å². The average Bonchev–Trinajstić information content (AvgIpc) is 2.88. The van der Waals surface area contributed by atoms with E-state index >= 15 is 0 Å². The SMILES string of the molecule is Cc1cccc(NC(=O)C(C)Sc2nc3cc(F)c(F)cc3[nH]2)c1. The minimum atomic E-state index is -0.948. The molecule has 0 bridgehead atoms. The van der Waals surface area contributed by atoms with Gasteiger partial charge >= 0.3 is 0 Å². The number of thioether (sulfide) groups is 1. The first-order chi connectivity index (χ1) is 11.4. The van der Waals surface area contributed by atoms with Crippen LogP contribution in [0.1, 0.15) is 12.5 Å². The normalized spacial score (nSPS) is 12.3. The van der Waals surface area contributed by atoms with E-state index in [0.29, 0.717) is 16.2 Å². The molecule has 1 amide bonds. The highest BCUT2D eigenvalue weighted by atomic mass is 32.2. The second-order valence-corrected chi connectivity index (χ2v) is 6.77. The summed E-state index contributed by atoms with van der Waals surface area (Å²) in [6, 6.07) is 9.59. The number of H-pyrrole nitrogens is 1. The van der Waals surface area contributed by atoms with Crippen LogP contribution in [0.15, 0.2) is 41.6 Å². The van der Waals surface area contributed by atoms with E-state index in [9.17, 15) is 13.6 Å². The van der Waals surface area contributed by atoms with Crippen LogP contribution >= 0.6 is 11.8 Å². The van der Waals surface area contributed by atoms with E-state index in [1.54, 1.807) is 6.92 Å². The molecule has 0 aliphatic heterocycles. The Morgan fingerprint density at radius 2 is 2.00 bits per heavy atom. The summed E-state index contributed by atoms with van der Waals surface area (Å²) < 4.78 is 26.5. The number of aryl methyl sites for hydroxylation is 1. The number of hydrogen-bond donors (Lipinski definition) is 2. The van der Waals surface area contributed by atoms with Crippen molar-refractivity contribution in [2.24, 2.45) is 0 Å². The standard InChI is InChI=1S/C17H15F2N3OS/c1-9-4-3-5-11(6-9)20-16(23)10(2)24-17-21-14-7-12(18)13(19)8-15(14)22-17/h3-8,10H,1-2H3,(H,20,23)(H,21,22). The minimum Gasteiger partial charge on any atom is -0.333 e. The van der Waals surface area contributed by atoms with Gasteiger partial charge in [-0.15, -0.1) is 0 Å². The fourth-order valence-corrected chi connectivity index (χ4v) is 3.05. The number of rotatable bonds is 4. The van der Waals surface area contributed by atoms with E-state index < -0.39 is 16.9 Å². The summed E-state index contributed by atoms with van der Waals surface area (Å²) in [4.78, 5) is 19.3. The van der Waals surface area contributed by atoms with Crippen molar-refractivity contribution >= 4 is 34.4 Å². The molecule has 0 aliphatic rings. The maximum Gasteiger partial charge on any atom is 0.237 e. The smallest absolute Gasteiger partial charge is 0.237 e. The second kappa shape index (κ2) is 6.60. The quantitative estimate of drug-likeness (QED) is 0.693. The van der Waals surface area contributed by atoms with Gasteiger partial charge in [-0.1, -0.05) is 23.9 Å². The number of amides is 1. The van der Waals surface area contributed by atoms with Crippen LogP contribution in [0.5, 0.6) is 0 Å². The van der Waals surface area contributed by atoms with Crippen molar-refractivity contribution in [3.63, 3.8) is 0 Å². The number of imidazole rings is 1. The van der Waals surface area contributed by atoms with Crippen LogP contribution in [0, 0.1) is 18.6 Å². The molecule has 0 fully saturated rings. The van der Waals surface area contributed by atoms with Crippen molar-refractivity contribution < 1.29 is 13.6 Å². The lowest BCUT2D eigenvalue weighted by molar-refractivity contribution is -0.115. The summed E-state index contributed by atoms with van der Waals surface area (Å²) in [6.45, 7) is 3.69. The number of aromatic amines is 1. The van der Waals surface area contributed by atoms with Crippen LogP contribution in [-0.2, 0) is 4.79 Å². The van der Waals surface area contributed by atoms with Gasteiger partial charge in [0.1, 0.15) is 0 Å². The van der Waals surface area contributed by atoms with Crippen molar-refractivity contribution in [2.75, 3.05) is 5.32 Å². The predicted molar refractivity (Wildman–Crippen MR) is 91.1 cm³/mol. The molecule has 3 rings (SSSR count). The van der Waals surface area contributed by atoms with Crippen LogP contribution < -0.4 is 5.32 Å². The Hall–Kier alpha value is -2.41. The van der Waals surface area contributed by atoms with Gasteiger partial charge in [-0.25, -0.2) is 13.8 Å². The molecule has 4 nitrogen and oxygen atoms in total. The topological polar surface area (TPSA) is 57.8 Å². The first-order valence-corrected chi connectivity index (χ1v) is 8.19. The van der Waals surface area contributed by atoms with Crippen LogP contribution in [0.2, 0.25) is 0 Å². The molecule has 2 aromatic carbocycles. The van der Waals surface area contributed by atoms with Crippen LogP contribution in [0.25, 0.3) is 11.0 Å². The molecule has 0 spiro atoms. The number of anilines is 1. The third-order valence-corrected chi connectivity index (χ3v) is 4.43. The van der Waals surface area contributed by atoms with E-state index in [4.69, 9.17) is 0 Å². The molecule has 3 aromatic rings. The molecule has 1 heterocycles. The number of carbonyl (C=O) groups is 1. The first-order valence-electron chi connectivity index (χ1n) is 7.31. The lowest BCUT2D eigenvalue weighted by Gasteiger charge is -2.10. The minimum absolute atomic E-state index is 0.177. The molecule has 7 heteroatoms. The monoisotopic (exact) mass is 347 g/mol. The third-order valence-electron chi connectivity index (χ3n) is 3.45. The van der Waals surface area contributed by atoms with E-state index in [1.807, 2.05) is 31.2 Å². The number of nitrogens with zero attached hydrogens (tertiary/aromatic N) is 1. The Morgan fingerprint density at radius 1 is 1.25 bits per heavy atom. The fraction of sp³-hybridized carbons (Fsp3) is 0.176. The highest BCUT2D eigenvalue weighted by Crippen LogP contribution is 2.25. The van der Waals surface area contributed by atoms with Crippen molar-refractivity contribution in [1.82, 2.24) is 9.97 Å². The van der Waals surface area contributed by atoms with E-state index in [0.717, 1.165) is 23.4 Å². The Morgan fingerprint density at radius 3 is 2.75 bits per heavy atom. The molecule has 1 aromatic heterocycles. The van der Waals surface area contributed by atoms with Gasteiger partial charge in [0.15, 0.2) is 16.8 Å². The Bertz CT molecular complexity index is 871. The van der Waals surface area contributed by atoms with Gasteiger partial charge in [-0.2, -0.15) is 0 Å². The lowest BCUT2D eigenvalue weighted by atomic mass is 10.2. The largest absolute Gasteiger partial charge is 0.333 e. The highest BCUT2D eigenvalue weighted by molar-refractivity contribution is 8.00. The predicted octanol–water partition coefficient (Wildman–Crippen LogP) is 4.27. The average molecular weight is 347 g/mol. The number of nitrogens with one attached hydrogen (secondary N) is 2. The summed E-state index contributed by atoms with van der Waals surface area (Å²) in [5.74, 6) is -2.06. The Balaban J connectivity index is 1.72. The van der Waals surface area contributed by atoms with Crippen molar-refractivity contribution in [2.45, 2.75) is 24.3 Å². The number of halogens is 2. The van der Waals surface area contributed by atoms with E-state index in [2.05, 4.69) is 15.3 Å². The molecule has 0 saturated carbocycles. The number of benzene rings is 2. The summed E-state index contributed by atoms with van der Waals surface area (Å²) in [5.41, 5.74) is 2.49. The number of fused-ring (bicyclic) bond motifs is 1. The highest BCUT2D eigenvalue weighted by Gasteiger charge is 2.17. The zero-order valence-corrected chi connectivity index (χ0v) is 13.9. The maximum absolute atomic E-state index is 13.2. The Kier molecular flexibility index (Phi) is 4.53. The van der Waals surface area contributed by atoms with Gasteiger partial charge in [-0.05, 0) is 31.5 Å². The van der Waals surface area contributed by atoms with Gasteiger partial charge in [-0.3, -0.25) is 4.79 Å². The van der Waals surface area contributed by atoms with Gasteiger partial charge in [0.2, 0.25) is 5.91 Å². The van der Waals surface area contributed by atoms with Gasteiger partial charge in [0.05, 0.1) is 16.3 Å². The third kappa shape index (κ3) is 3.56. The number of aromatic nitrogens is 2. The Labute approximate surface area is 141 Å². The van der Waals surface area contributed by atoms with Crippen LogP contribution in [0.3, 0.4) is 0 Å². The fourth-order valence-electron chi connectivity index (χ4n) is 2.23. The van der Waals surface area contributed by atoms with E-state index in [1.165, 1.54) is 11.8 Å². The second-order valence-electron chi connectivity index (χ2n) is 5.44. The first kappa shape index (κ1) is 16.4. The molecular formula is C17H15F2N3OS. The molecule has 1 unspecified atom stereocenters. The number of hydrogen-bond acceptors (Lipinski definition) is 3. The molecule has 0 radical (unpaired) electrons. The van der Waals surface area contributed by atoms with Gasteiger partial charge in [0, 0.05) is 17.8 Å². The van der Waals surface area contributed by atoms with Crippen molar-refractivity contribution in [1.29, 1.82) is 0 Å². The molecule has 24 heavy (non-hydrogen) atoms. The number of carbonyl (C=O) groups excluding carboxylic acids is 1. The lowest BCUT2D eigenvalue weighted by Crippen LogP contribution is -2.22. The maximum atomic E-state index is 13.2. The molecule has 0 aliphatic carbocycles. The van der Waals surface area contributed by atoms with Crippen LogP contribution in [-0.4, -0.2) is 21.1 Å². The van der Waals surface area contributed by atoms with Crippen LogP contribution in [0.4, 0.5) is 14.5 Å². The van der Waals surface area contributed by atoms with Crippen molar-refractivity contribution in [3.8, 4) is 0 Å². The molecule has 1 atom stereocenters. The van der Waals surface area contributed by atoms with E-state index in [-0.39, 0.29) is 5.91 Å². The summed E-state index contributed by atoms with van der Waals surface area (Å²) in [5, 5.41) is 2.84. The van der Waals surface area contributed by atoms with Gasteiger partial charge in [0.25, 0.3) is 0 Å². The molecule has 0 saturated heterocycles. The summed E-state index contributed by atoms with van der Waals surface area (Å²) >= 11 is 1.19. The molecular weight excluding hydrogens is 332 g/mol. The zero-order chi connectivity index (χ0) is 17.3. The molecule has 2 N–H and O–H groups in total. The summed E-state index contributed by atoms with van der Waals surface area (Å²) in [7, 11) is 0. The molecule has 124 valence electrons. The zero-order valence-electron chi connectivity index (χ0n) is 13.1.